The van der Waals surface area contributed by atoms with Crippen LogP contribution in [0.5, 0.6) is 5.75 Å². The minimum Gasteiger partial charge on any atom is -0.496 e. The van der Waals surface area contributed by atoms with Crippen molar-refractivity contribution in [3.05, 3.63) is 29.3 Å². The molecule has 0 unspecified atom stereocenters. The zero-order valence-corrected chi connectivity index (χ0v) is 15.4. The van der Waals surface area contributed by atoms with E-state index in [1.807, 2.05) is 6.92 Å². The summed E-state index contributed by atoms with van der Waals surface area (Å²) in [4.78, 5) is 2.38. The van der Waals surface area contributed by atoms with Gasteiger partial charge in [-0.2, -0.15) is 0 Å². The molecule has 1 saturated heterocycles. The van der Waals surface area contributed by atoms with Gasteiger partial charge in [-0.15, -0.1) is 0 Å². The van der Waals surface area contributed by atoms with Crippen LogP contribution < -0.4 is 4.74 Å². The Balaban J connectivity index is 1.92. The molecule has 0 amide bonds. The van der Waals surface area contributed by atoms with E-state index in [4.69, 9.17) is 4.74 Å². The predicted molar refractivity (Wildman–Crippen MR) is 93.3 cm³/mol. The maximum Gasteiger partial charge on any atom is 0.213 e. The smallest absolute Gasteiger partial charge is 0.213 e. The summed E-state index contributed by atoms with van der Waals surface area (Å²) in [6.07, 6.45) is 1.78. The Labute approximate surface area is 140 Å². The third kappa shape index (κ3) is 4.46. The number of ether oxygens (including phenoxy) is 1. The molecule has 0 bridgehead atoms. The van der Waals surface area contributed by atoms with E-state index in [-0.39, 0.29) is 11.8 Å². The number of rotatable bonds is 6. The van der Waals surface area contributed by atoms with E-state index in [1.165, 1.54) is 5.56 Å². The first-order valence-corrected chi connectivity index (χ1v) is 9.80. The van der Waals surface area contributed by atoms with E-state index in [2.05, 4.69) is 23.1 Å². The third-order valence-corrected chi connectivity index (χ3v) is 6.66. The Morgan fingerprint density at radius 2 is 1.96 bits per heavy atom. The van der Waals surface area contributed by atoms with Crippen molar-refractivity contribution in [1.29, 1.82) is 0 Å². The highest BCUT2D eigenvalue weighted by atomic mass is 32.2. The van der Waals surface area contributed by atoms with E-state index in [9.17, 15) is 8.42 Å². The van der Waals surface area contributed by atoms with Crippen LogP contribution in [0.2, 0.25) is 0 Å². The number of methoxy groups -OCH3 is 1. The van der Waals surface area contributed by atoms with Crippen LogP contribution in [0.25, 0.3) is 0 Å². The third-order valence-electron chi connectivity index (χ3n) is 4.75. The molecule has 0 saturated carbocycles. The monoisotopic (exact) mass is 340 g/mol. The van der Waals surface area contributed by atoms with E-state index in [0.717, 1.165) is 43.8 Å². The Hall–Kier alpha value is -1.11. The van der Waals surface area contributed by atoms with Crippen molar-refractivity contribution < 1.29 is 13.2 Å². The molecule has 0 atom stereocenters. The second-order valence-corrected chi connectivity index (χ2v) is 8.55. The van der Waals surface area contributed by atoms with Gasteiger partial charge in [0, 0.05) is 32.7 Å². The van der Waals surface area contributed by atoms with Gasteiger partial charge in [0.2, 0.25) is 10.0 Å². The second kappa shape index (κ2) is 7.64. The van der Waals surface area contributed by atoms with Crippen molar-refractivity contribution in [2.75, 3.05) is 33.0 Å². The van der Waals surface area contributed by atoms with Gasteiger partial charge in [0.05, 0.1) is 12.9 Å². The number of sulfonamides is 1. The molecular weight excluding hydrogens is 312 g/mol. The average molecular weight is 340 g/mol. The molecule has 0 spiro atoms. The Morgan fingerprint density at radius 3 is 2.52 bits per heavy atom. The van der Waals surface area contributed by atoms with Gasteiger partial charge >= 0.3 is 0 Å². The lowest BCUT2D eigenvalue weighted by Gasteiger charge is -2.36. The number of benzene rings is 1. The molecule has 1 heterocycles. The zero-order valence-electron chi connectivity index (χ0n) is 14.6. The van der Waals surface area contributed by atoms with Crippen molar-refractivity contribution in [3.63, 3.8) is 0 Å². The predicted octanol–water partition coefficient (Wildman–Crippen LogP) is 2.25. The average Bonchev–Trinajstić information content (AvgIpc) is 2.56. The van der Waals surface area contributed by atoms with E-state index in [0.29, 0.717) is 0 Å². The van der Waals surface area contributed by atoms with Gasteiger partial charge in [-0.1, -0.05) is 12.1 Å². The van der Waals surface area contributed by atoms with E-state index < -0.39 is 10.0 Å². The van der Waals surface area contributed by atoms with Crippen LogP contribution in [0.4, 0.5) is 0 Å². The lowest BCUT2D eigenvalue weighted by molar-refractivity contribution is 0.164. The summed E-state index contributed by atoms with van der Waals surface area (Å²) >= 11 is 0. The number of piperidine rings is 1. The van der Waals surface area contributed by atoms with Gasteiger partial charge in [-0.25, -0.2) is 12.7 Å². The number of nitrogens with zero attached hydrogens (tertiary/aromatic N) is 2. The SMILES string of the molecule is CCS(=O)(=O)N(C)C1CCN(Cc2ccc(C)c(OC)c2)CC1. The number of hydrogen-bond acceptors (Lipinski definition) is 4. The van der Waals surface area contributed by atoms with Gasteiger partial charge in [-0.3, -0.25) is 4.90 Å². The highest BCUT2D eigenvalue weighted by Gasteiger charge is 2.28. The minimum atomic E-state index is -3.09. The molecule has 1 aromatic rings. The minimum absolute atomic E-state index is 0.128. The standard InChI is InChI=1S/C17H28N2O3S/c1-5-23(20,21)18(3)16-8-10-19(11-9-16)13-15-7-6-14(2)17(12-15)22-4/h6-7,12,16H,5,8-11,13H2,1-4H3. The molecule has 1 aliphatic heterocycles. The molecule has 1 aliphatic rings. The summed E-state index contributed by atoms with van der Waals surface area (Å²) in [6, 6.07) is 6.44. The number of aryl methyl sites for hydroxylation is 1. The van der Waals surface area contributed by atoms with Crippen LogP contribution in [0.1, 0.15) is 30.9 Å². The number of likely N-dealkylation sites (tertiary alicyclic amines) is 1. The van der Waals surface area contributed by atoms with Crippen molar-refractivity contribution >= 4 is 10.0 Å². The zero-order chi connectivity index (χ0) is 17.0. The van der Waals surface area contributed by atoms with Gasteiger partial charge < -0.3 is 4.74 Å². The lowest BCUT2D eigenvalue weighted by atomic mass is 10.0. The van der Waals surface area contributed by atoms with Crippen molar-refractivity contribution in [3.8, 4) is 5.75 Å². The molecule has 6 heteroatoms. The summed E-state index contributed by atoms with van der Waals surface area (Å²) in [6.45, 7) is 6.46. The Bertz CT molecular complexity index is 623. The molecule has 0 N–H and O–H groups in total. The highest BCUT2D eigenvalue weighted by molar-refractivity contribution is 7.89. The summed E-state index contributed by atoms with van der Waals surface area (Å²) < 4.78 is 30.9. The summed E-state index contributed by atoms with van der Waals surface area (Å²) in [5.74, 6) is 1.10. The molecular formula is C17H28N2O3S. The fraction of sp³-hybridized carbons (Fsp3) is 0.647. The van der Waals surface area contributed by atoms with Gasteiger partial charge in [0.1, 0.15) is 5.75 Å². The normalized spacial score (nSPS) is 17.6. The summed E-state index contributed by atoms with van der Waals surface area (Å²) in [5.41, 5.74) is 2.38. The molecule has 23 heavy (non-hydrogen) atoms. The number of hydrogen-bond donors (Lipinski definition) is 0. The molecule has 0 radical (unpaired) electrons. The van der Waals surface area contributed by atoms with E-state index >= 15 is 0 Å². The fourth-order valence-electron chi connectivity index (χ4n) is 3.09. The molecule has 0 aromatic heterocycles. The largest absolute Gasteiger partial charge is 0.496 e. The van der Waals surface area contributed by atoms with Gasteiger partial charge in [0.25, 0.3) is 0 Å². The first-order valence-electron chi connectivity index (χ1n) is 8.19. The first kappa shape index (κ1) is 18.2. The van der Waals surface area contributed by atoms with Crippen molar-refractivity contribution in [2.24, 2.45) is 0 Å². The van der Waals surface area contributed by atoms with Crippen LogP contribution >= 0.6 is 0 Å². The van der Waals surface area contributed by atoms with Crippen molar-refractivity contribution in [2.45, 2.75) is 39.3 Å². The molecule has 1 fully saturated rings. The molecule has 130 valence electrons. The Kier molecular flexibility index (Phi) is 6.06. The van der Waals surface area contributed by atoms with Crippen LogP contribution in [-0.2, 0) is 16.6 Å². The Morgan fingerprint density at radius 1 is 1.30 bits per heavy atom. The van der Waals surface area contributed by atoms with Gasteiger partial charge in [0.15, 0.2) is 0 Å². The molecule has 5 nitrogen and oxygen atoms in total. The highest BCUT2D eigenvalue weighted by Crippen LogP contribution is 2.23. The van der Waals surface area contributed by atoms with Crippen LogP contribution in [0.3, 0.4) is 0 Å². The maximum atomic E-state index is 12.0. The molecule has 2 rings (SSSR count). The topological polar surface area (TPSA) is 49.9 Å². The van der Waals surface area contributed by atoms with Crippen LogP contribution in [0.15, 0.2) is 18.2 Å². The molecule has 0 aliphatic carbocycles. The quantitative estimate of drug-likeness (QED) is 0.797. The van der Waals surface area contributed by atoms with E-state index in [1.54, 1.807) is 25.4 Å². The maximum absolute atomic E-state index is 12.0. The summed E-state index contributed by atoms with van der Waals surface area (Å²) in [7, 11) is 0.319. The van der Waals surface area contributed by atoms with Gasteiger partial charge in [-0.05, 0) is 43.9 Å². The first-order chi connectivity index (χ1) is 10.9. The second-order valence-electron chi connectivity index (χ2n) is 6.23. The van der Waals surface area contributed by atoms with Crippen LogP contribution in [0, 0.1) is 6.92 Å². The van der Waals surface area contributed by atoms with Crippen LogP contribution in [-0.4, -0.2) is 56.7 Å². The van der Waals surface area contributed by atoms with Crippen molar-refractivity contribution in [1.82, 2.24) is 9.21 Å². The molecule has 1 aromatic carbocycles. The fourth-order valence-corrected chi connectivity index (χ4v) is 4.17. The summed E-state index contributed by atoms with van der Waals surface area (Å²) in [5, 5.41) is 0. The lowest BCUT2D eigenvalue weighted by Crippen LogP contribution is -2.45.